The molecule has 1 saturated heterocycles. The highest BCUT2D eigenvalue weighted by atomic mass is 16.7. The van der Waals surface area contributed by atoms with Gasteiger partial charge in [-0.1, -0.05) is 0 Å². The van der Waals surface area contributed by atoms with E-state index in [4.69, 9.17) is 14.2 Å². The Morgan fingerprint density at radius 3 is 2.15 bits per heavy atom. The molecule has 0 saturated carbocycles. The lowest BCUT2D eigenvalue weighted by Crippen LogP contribution is -2.57. The Balaban J connectivity index is 2.66. The van der Waals surface area contributed by atoms with Crippen LogP contribution in [0, 0.1) is 0 Å². The Labute approximate surface area is 77.2 Å². The Kier molecular flexibility index (Phi) is 3.63. The van der Waals surface area contributed by atoms with Gasteiger partial charge in [0.2, 0.25) is 0 Å². The van der Waals surface area contributed by atoms with Gasteiger partial charge < -0.3 is 24.4 Å². The zero-order valence-electron chi connectivity index (χ0n) is 8.01. The van der Waals surface area contributed by atoms with Crippen LogP contribution >= 0.6 is 0 Å². The fourth-order valence-corrected chi connectivity index (χ4v) is 1.53. The third-order valence-corrected chi connectivity index (χ3v) is 2.28. The average Bonchev–Trinajstić information content (AvgIpc) is 2.12. The van der Waals surface area contributed by atoms with Crippen LogP contribution in [0.3, 0.4) is 0 Å². The first kappa shape index (κ1) is 10.9. The van der Waals surface area contributed by atoms with Crippen molar-refractivity contribution in [1.29, 1.82) is 0 Å². The van der Waals surface area contributed by atoms with Crippen LogP contribution in [0.15, 0.2) is 0 Å². The lowest BCUT2D eigenvalue weighted by atomic mass is 10.00. The van der Waals surface area contributed by atoms with E-state index in [0.717, 1.165) is 0 Å². The van der Waals surface area contributed by atoms with Gasteiger partial charge in [0.1, 0.15) is 18.3 Å². The summed E-state index contributed by atoms with van der Waals surface area (Å²) in [4.78, 5) is 0. The molecule has 5 heteroatoms. The molecule has 0 bridgehead atoms. The summed E-state index contributed by atoms with van der Waals surface area (Å²) in [6.45, 7) is 1.76. The highest BCUT2D eigenvalue weighted by molar-refractivity contribution is 4.87. The van der Waals surface area contributed by atoms with Crippen LogP contribution in [0.5, 0.6) is 0 Å². The van der Waals surface area contributed by atoms with E-state index >= 15 is 0 Å². The molecule has 5 atom stereocenters. The summed E-state index contributed by atoms with van der Waals surface area (Å²) in [6, 6.07) is 0. The molecule has 1 heterocycles. The third-order valence-electron chi connectivity index (χ3n) is 2.28. The second-order valence-corrected chi connectivity index (χ2v) is 3.13. The lowest BCUT2D eigenvalue weighted by molar-refractivity contribution is -0.289. The number of hydrogen-bond acceptors (Lipinski definition) is 5. The number of ether oxygens (including phenoxy) is 3. The highest BCUT2D eigenvalue weighted by Gasteiger charge is 2.42. The SMILES string of the molecule is CO[C@@H]1O[C@H](C)[C@H](OC)[C@H](O)[C@H]1O. The van der Waals surface area contributed by atoms with Crippen molar-refractivity contribution in [2.45, 2.75) is 37.6 Å². The Morgan fingerprint density at radius 2 is 1.69 bits per heavy atom. The Morgan fingerprint density at radius 1 is 1.08 bits per heavy atom. The summed E-state index contributed by atoms with van der Waals surface area (Å²) >= 11 is 0. The van der Waals surface area contributed by atoms with Crippen molar-refractivity contribution < 1.29 is 24.4 Å². The number of aliphatic hydroxyl groups excluding tert-OH is 2. The van der Waals surface area contributed by atoms with Gasteiger partial charge in [-0.05, 0) is 6.92 Å². The predicted octanol–water partition coefficient (Wildman–Crippen LogP) is -0.886. The molecule has 0 aromatic carbocycles. The van der Waals surface area contributed by atoms with Crippen LogP contribution in [0.25, 0.3) is 0 Å². The standard InChI is InChI=1S/C8H16O5/c1-4-7(11-2)5(9)6(10)8(12-3)13-4/h4-10H,1-3H3/t4-,5-,6-,7+,8-/m1/s1. The van der Waals surface area contributed by atoms with Gasteiger partial charge >= 0.3 is 0 Å². The van der Waals surface area contributed by atoms with Crippen molar-refractivity contribution in [2.75, 3.05) is 14.2 Å². The lowest BCUT2D eigenvalue weighted by Gasteiger charge is -2.39. The van der Waals surface area contributed by atoms with Gasteiger partial charge in [0, 0.05) is 14.2 Å². The van der Waals surface area contributed by atoms with Crippen molar-refractivity contribution in [3.8, 4) is 0 Å². The van der Waals surface area contributed by atoms with Crippen molar-refractivity contribution in [3.63, 3.8) is 0 Å². The maximum Gasteiger partial charge on any atom is 0.186 e. The molecule has 5 nitrogen and oxygen atoms in total. The van der Waals surface area contributed by atoms with Crippen LogP contribution in [-0.4, -0.2) is 55.1 Å². The minimum atomic E-state index is -1.06. The Hall–Kier alpha value is -0.200. The highest BCUT2D eigenvalue weighted by Crippen LogP contribution is 2.22. The molecule has 0 aromatic rings. The molecule has 2 N–H and O–H groups in total. The van der Waals surface area contributed by atoms with E-state index in [1.54, 1.807) is 6.92 Å². The van der Waals surface area contributed by atoms with E-state index in [-0.39, 0.29) is 6.10 Å². The molecule has 1 fully saturated rings. The van der Waals surface area contributed by atoms with Crippen LogP contribution in [0.4, 0.5) is 0 Å². The predicted molar refractivity (Wildman–Crippen MR) is 44.2 cm³/mol. The van der Waals surface area contributed by atoms with Gasteiger partial charge in [-0.3, -0.25) is 0 Å². The summed E-state index contributed by atoms with van der Waals surface area (Å²) in [5, 5.41) is 19.1. The van der Waals surface area contributed by atoms with Crippen LogP contribution in [-0.2, 0) is 14.2 Å². The van der Waals surface area contributed by atoms with E-state index in [1.807, 2.05) is 0 Å². The van der Waals surface area contributed by atoms with Gasteiger partial charge in [0.15, 0.2) is 6.29 Å². The third kappa shape index (κ3) is 2.00. The molecule has 1 aliphatic rings. The smallest absolute Gasteiger partial charge is 0.186 e. The molecule has 0 amide bonds. The molecule has 0 aliphatic carbocycles. The van der Waals surface area contributed by atoms with Crippen LogP contribution in [0.2, 0.25) is 0 Å². The largest absolute Gasteiger partial charge is 0.387 e. The number of rotatable bonds is 2. The maximum atomic E-state index is 9.57. The zero-order chi connectivity index (χ0) is 10.0. The molecule has 0 radical (unpaired) electrons. The monoisotopic (exact) mass is 192 g/mol. The van der Waals surface area contributed by atoms with E-state index in [2.05, 4.69) is 0 Å². The van der Waals surface area contributed by atoms with E-state index < -0.39 is 24.6 Å². The van der Waals surface area contributed by atoms with Gasteiger partial charge in [0.05, 0.1) is 6.10 Å². The second kappa shape index (κ2) is 4.34. The first-order valence-corrected chi connectivity index (χ1v) is 4.19. The molecule has 0 unspecified atom stereocenters. The molecule has 0 spiro atoms. The van der Waals surface area contributed by atoms with Crippen molar-refractivity contribution in [2.24, 2.45) is 0 Å². The molecule has 1 aliphatic heterocycles. The molecule has 1 rings (SSSR count). The summed E-state index contributed by atoms with van der Waals surface area (Å²) in [5.74, 6) is 0. The van der Waals surface area contributed by atoms with Crippen LogP contribution < -0.4 is 0 Å². The number of methoxy groups -OCH3 is 2. The topological polar surface area (TPSA) is 68.2 Å². The minimum Gasteiger partial charge on any atom is -0.387 e. The zero-order valence-corrected chi connectivity index (χ0v) is 8.01. The first-order valence-electron chi connectivity index (χ1n) is 4.19. The molecule has 0 aromatic heterocycles. The number of aliphatic hydroxyl groups is 2. The fraction of sp³-hybridized carbons (Fsp3) is 1.00. The minimum absolute atomic E-state index is 0.298. The Bertz CT molecular complexity index is 163. The quantitative estimate of drug-likeness (QED) is 0.594. The molecular weight excluding hydrogens is 176 g/mol. The molecule has 13 heavy (non-hydrogen) atoms. The van der Waals surface area contributed by atoms with Gasteiger partial charge in [-0.25, -0.2) is 0 Å². The van der Waals surface area contributed by atoms with Gasteiger partial charge in [-0.15, -0.1) is 0 Å². The summed E-state index contributed by atoms with van der Waals surface area (Å²) in [7, 11) is 2.88. The van der Waals surface area contributed by atoms with Gasteiger partial charge in [0.25, 0.3) is 0 Å². The summed E-state index contributed by atoms with van der Waals surface area (Å²) in [6.07, 6.45) is -3.63. The van der Waals surface area contributed by atoms with Crippen molar-refractivity contribution in [1.82, 2.24) is 0 Å². The van der Waals surface area contributed by atoms with E-state index in [1.165, 1.54) is 14.2 Å². The molecule has 78 valence electrons. The average molecular weight is 192 g/mol. The van der Waals surface area contributed by atoms with Crippen LogP contribution in [0.1, 0.15) is 6.92 Å². The normalized spacial score (nSPS) is 46.4. The summed E-state index contributed by atoms with van der Waals surface area (Å²) < 4.78 is 15.1. The summed E-state index contributed by atoms with van der Waals surface area (Å²) in [5.41, 5.74) is 0. The first-order chi connectivity index (χ1) is 6.11. The molecular formula is C8H16O5. The van der Waals surface area contributed by atoms with E-state index in [0.29, 0.717) is 0 Å². The van der Waals surface area contributed by atoms with Gasteiger partial charge in [-0.2, -0.15) is 0 Å². The number of hydrogen-bond donors (Lipinski definition) is 2. The van der Waals surface area contributed by atoms with E-state index in [9.17, 15) is 10.2 Å². The second-order valence-electron chi connectivity index (χ2n) is 3.13. The fourth-order valence-electron chi connectivity index (χ4n) is 1.53. The van der Waals surface area contributed by atoms with Crippen molar-refractivity contribution in [3.05, 3.63) is 0 Å². The van der Waals surface area contributed by atoms with Crippen molar-refractivity contribution >= 4 is 0 Å². The maximum absolute atomic E-state index is 9.57.